The van der Waals surface area contributed by atoms with Gasteiger partial charge in [0.15, 0.2) is 6.61 Å². The lowest BCUT2D eigenvalue weighted by Gasteiger charge is -2.33. The summed E-state index contributed by atoms with van der Waals surface area (Å²) in [5.74, 6) is 0.977. The second-order valence-corrected chi connectivity index (χ2v) is 10.0. The maximum absolute atomic E-state index is 13.8. The molecule has 0 heterocycles. The average Bonchev–Trinajstić information content (AvgIpc) is 2.95. The first-order valence-electron chi connectivity index (χ1n) is 13.5. The van der Waals surface area contributed by atoms with Crippen LogP contribution in [0, 0.1) is 6.92 Å². The number of ether oxygens (including phenoxy) is 2. The highest BCUT2D eigenvalue weighted by atomic mass is 16.5. The van der Waals surface area contributed by atoms with Crippen molar-refractivity contribution < 1.29 is 19.1 Å². The molecule has 1 N–H and O–H groups in total. The summed E-state index contributed by atoms with van der Waals surface area (Å²) >= 11 is 0. The first kappa shape index (κ1) is 27.2. The Balaban J connectivity index is 1.62. The molecular formula is C32H38N2O4. The van der Waals surface area contributed by atoms with Crippen molar-refractivity contribution in [1.82, 2.24) is 10.2 Å². The summed E-state index contributed by atoms with van der Waals surface area (Å²) in [6.45, 7) is 2.09. The van der Waals surface area contributed by atoms with E-state index in [1.807, 2.05) is 85.8 Å². The number of nitrogens with zero attached hydrogens (tertiary/aromatic N) is 1. The summed E-state index contributed by atoms with van der Waals surface area (Å²) in [6.07, 6.45) is 5.81. The van der Waals surface area contributed by atoms with Gasteiger partial charge < -0.3 is 19.7 Å². The number of hydrogen-bond acceptors (Lipinski definition) is 4. The Hall–Kier alpha value is -3.80. The van der Waals surface area contributed by atoms with Gasteiger partial charge in [-0.25, -0.2) is 0 Å². The molecule has 1 aliphatic rings. The third-order valence-corrected chi connectivity index (χ3v) is 7.06. The molecule has 2 amide bonds. The maximum Gasteiger partial charge on any atom is 0.261 e. The van der Waals surface area contributed by atoms with Gasteiger partial charge in [-0.05, 0) is 60.7 Å². The molecule has 0 aromatic heterocycles. The highest BCUT2D eigenvalue weighted by Gasteiger charge is 2.32. The Morgan fingerprint density at radius 3 is 2.34 bits per heavy atom. The number of carbonyl (C=O) groups is 2. The van der Waals surface area contributed by atoms with Crippen LogP contribution in [-0.4, -0.2) is 42.5 Å². The van der Waals surface area contributed by atoms with E-state index < -0.39 is 6.04 Å². The lowest BCUT2D eigenvalue weighted by Crippen LogP contribution is -2.53. The Labute approximate surface area is 226 Å². The topological polar surface area (TPSA) is 67.9 Å². The van der Waals surface area contributed by atoms with E-state index in [9.17, 15) is 9.59 Å². The Morgan fingerprint density at radius 2 is 1.61 bits per heavy atom. The quantitative estimate of drug-likeness (QED) is 0.368. The summed E-state index contributed by atoms with van der Waals surface area (Å²) in [5.41, 5.74) is 2.94. The fraction of sp³-hybridized carbons (Fsp3) is 0.375. The van der Waals surface area contributed by atoms with Gasteiger partial charge in [-0.2, -0.15) is 0 Å². The van der Waals surface area contributed by atoms with E-state index in [0.717, 1.165) is 42.4 Å². The van der Waals surface area contributed by atoms with E-state index in [-0.39, 0.29) is 31.0 Å². The minimum Gasteiger partial charge on any atom is -0.497 e. The van der Waals surface area contributed by atoms with Crippen LogP contribution in [0.3, 0.4) is 0 Å². The number of methoxy groups -OCH3 is 1. The van der Waals surface area contributed by atoms with Crippen molar-refractivity contribution in [2.24, 2.45) is 0 Å². The summed E-state index contributed by atoms with van der Waals surface area (Å²) in [5, 5.41) is 3.27. The molecule has 4 rings (SSSR count). The molecule has 6 heteroatoms. The molecule has 3 aromatic rings. The molecule has 1 saturated carbocycles. The highest BCUT2D eigenvalue weighted by Crippen LogP contribution is 2.21. The lowest BCUT2D eigenvalue weighted by atomic mass is 9.94. The zero-order valence-corrected chi connectivity index (χ0v) is 22.4. The number of hydrogen-bond donors (Lipinski definition) is 1. The molecule has 1 atom stereocenters. The van der Waals surface area contributed by atoms with Gasteiger partial charge in [0.05, 0.1) is 7.11 Å². The van der Waals surface area contributed by atoms with E-state index in [2.05, 4.69) is 5.32 Å². The van der Waals surface area contributed by atoms with Gasteiger partial charge in [-0.3, -0.25) is 9.59 Å². The standard InChI is InChI=1S/C32H38N2O4/c1-24-11-9-18-29(19-24)38-23-31(35)34(22-26-14-10-17-28(20-26)37-2)30(21-25-12-5-3-6-13-25)32(36)33-27-15-7-4-8-16-27/h3,5-6,9-14,17-20,27,30H,4,7-8,15-16,21-23H2,1-2H3,(H,33,36)/t30-/m1/s1. The highest BCUT2D eigenvalue weighted by molar-refractivity contribution is 5.88. The lowest BCUT2D eigenvalue weighted by molar-refractivity contribution is -0.143. The van der Waals surface area contributed by atoms with Crippen LogP contribution in [0.5, 0.6) is 11.5 Å². The van der Waals surface area contributed by atoms with Crippen molar-refractivity contribution in [2.75, 3.05) is 13.7 Å². The molecule has 1 aliphatic carbocycles. The van der Waals surface area contributed by atoms with Crippen molar-refractivity contribution in [3.63, 3.8) is 0 Å². The van der Waals surface area contributed by atoms with E-state index in [1.54, 1.807) is 12.0 Å². The Kier molecular flexibility index (Phi) is 9.79. The molecule has 0 radical (unpaired) electrons. The summed E-state index contributed by atoms with van der Waals surface area (Å²) in [7, 11) is 1.62. The van der Waals surface area contributed by atoms with Crippen LogP contribution in [0.25, 0.3) is 0 Å². The Bertz CT molecular complexity index is 1190. The fourth-order valence-electron chi connectivity index (χ4n) is 5.00. The second kappa shape index (κ2) is 13.7. The normalized spacial score (nSPS) is 14.4. The minimum atomic E-state index is -0.681. The van der Waals surface area contributed by atoms with Gasteiger partial charge in [-0.1, -0.05) is 73.9 Å². The molecule has 1 fully saturated rings. The van der Waals surface area contributed by atoms with Crippen LogP contribution < -0.4 is 14.8 Å². The average molecular weight is 515 g/mol. The summed E-state index contributed by atoms with van der Waals surface area (Å²) in [6, 6.07) is 24.6. The largest absolute Gasteiger partial charge is 0.497 e. The molecule has 0 aliphatic heterocycles. The van der Waals surface area contributed by atoms with Crippen molar-refractivity contribution >= 4 is 11.8 Å². The molecule has 6 nitrogen and oxygen atoms in total. The van der Waals surface area contributed by atoms with Gasteiger partial charge in [-0.15, -0.1) is 0 Å². The number of rotatable bonds is 11. The maximum atomic E-state index is 13.8. The monoisotopic (exact) mass is 514 g/mol. The smallest absolute Gasteiger partial charge is 0.261 e. The molecule has 200 valence electrons. The third kappa shape index (κ3) is 7.85. The fourth-order valence-corrected chi connectivity index (χ4v) is 5.00. The van der Waals surface area contributed by atoms with Gasteiger partial charge in [0.25, 0.3) is 5.91 Å². The third-order valence-electron chi connectivity index (χ3n) is 7.06. The van der Waals surface area contributed by atoms with E-state index in [0.29, 0.717) is 17.9 Å². The van der Waals surface area contributed by atoms with Crippen LogP contribution in [-0.2, 0) is 22.6 Å². The van der Waals surface area contributed by atoms with E-state index in [1.165, 1.54) is 6.42 Å². The van der Waals surface area contributed by atoms with Crippen molar-refractivity contribution in [3.8, 4) is 11.5 Å². The van der Waals surface area contributed by atoms with Crippen LogP contribution in [0.2, 0.25) is 0 Å². The molecule has 38 heavy (non-hydrogen) atoms. The molecule has 0 unspecified atom stereocenters. The zero-order valence-electron chi connectivity index (χ0n) is 22.4. The first-order valence-corrected chi connectivity index (χ1v) is 13.5. The predicted molar refractivity (Wildman–Crippen MR) is 149 cm³/mol. The van der Waals surface area contributed by atoms with Crippen molar-refractivity contribution in [1.29, 1.82) is 0 Å². The zero-order chi connectivity index (χ0) is 26.7. The second-order valence-electron chi connectivity index (χ2n) is 10.0. The summed E-state index contributed by atoms with van der Waals surface area (Å²) in [4.78, 5) is 29.3. The molecular weight excluding hydrogens is 476 g/mol. The van der Waals surface area contributed by atoms with Crippen molar-refractivity contribution in [2.45, 2.75) is 64.1 Å². The predicted octanol–water partition coefficient (Wildman–Crippen LogP) is 5.47. The van der Waals surface area contributed by atoms with Crippen LogP contribution in [0.4, 0.5) is 0 Å². The number of benzene rings is 3. The van der Waals surface area contributed by atoms with Crippen LogP contribution >= 0.6 is 0 Å². The molecule has 0 bridgehead atoms. The van der Waals surface area contributed by atoms with Crippen LogP contribution in [0.15, 0.2) is 78.9 Å². The summed E-state index contributed by atoms with van der Waals surface area (Å²) < 4.78 is 11.3. The number of aryl methyl sites for hydroxylation is 1. The van der Waals surface area contributed by atoms with Crippen molar-refractivity contribution in [3.05, 3.63) is 95.6 Å². The van der Waals surface area contributed by atoms with E-state index in [4.69, 9.17) is 9.47 Å². The number of carbonyl (C=O) groups excluding carboxylic acids is 2. The SMILES string of the molecule is COc1cccc(CN(C(=O)COc2cccc(C)c2)[C@H](Cc2ccccc2)C(=O)NC2CCCCC2)c1. The minimum absolute atomic E-state index is 0.118. The van der Waals surface area contributed by atoms with Crippen LogP contribution in [0.1, 0.15) is 48.8 Å². The van der Waals surface area contributed by atoms with E-state index >= 15 is 0 Å². The first-order chi connectivity index (χ1) is 18.5. The number of amides is 2. The molecule has 0 spiro atoms. The van der Waals surface area contributed by atoms with Gasteiger partial charge >= 0.3 is 0 Å². The number of nitrogens with one attached hydrogen (secondary N) is 1. The van der Waals surface area contributed by atoms with Gasteiger partial charge in [0, 0.05) is 19.0 Å². The van der Waals surface area contributed by atoms with Gasteiger partial charge in [0.2, 0.25) is 5.91 Å². The Morgan fingerprint density at radius 1 is 0.895 bits per heavy atom. The molecule has 0 saturated heterocycles. The molecule has 3 aromatic carbocycles. The van der Waals surface area contributed by atoms with Gasteiger partial charge in [0.1, 0.15) is 17.5 Å².